The van der Waals surface area contributed by atoms with Crippen LogP contribution in [-0.4, -0.2) is 29.9 Å². The van der Waals surface area contributed by atoms with Crippen LogP contribution in [0, 0.1) is 11.3 Å². The van der Waals surface area contributed by atoms with Gasteiger partial charge in [0, 0.05) is 33.4 Å². The fourth-order valence-corrected chi connectivity index (χ4v) is 7.54. The lowest BCUT2D eigenvalue weighted by Gasteiger charge is -2.16. The van der Waals surface area contributed by atoms with Crippen LogP contribution in [0.25, 0.3) is 102 Å². The molecule has 0 amide bonds. The van der Waals surface area contributed by atoms with Gasteiger partial charge >= 0.3 is 0 Å². The maximum atomic E-state index is 9.37. The molecule has 10 rings (SSSR count). The van der Waals surface area contributed by atoms with Gasteiger partial charge in [0.05, 0.1) is 11.6 Å². The molecule has 0 atom stereocenters. The third kappa shape index (κ3) is 7.75. The van der Waals surface area contributed by atoms with Crippen molar-refractivity contribution in [3.63, 3.8) is 0 Å². The van der Waals surface area contributed by atoms with Gasteiger partial charge in [0.2, 0.25) is 0 Å². The molecular weight excluding hydrogens is 759 g/mol. The van der Waals surface area contributed by atoms with Crippen LogP contribution in [0.2, 0.25) is 0 Å². The van der Waals surface area contributed by atoms with Crippen molar-refractivity contribution in [2.45, 2.75) is 0 Å². The molecule has 0 bridgehead atoms. The Morgan fingerprint density at radius 3 is 1.15 bits per heavy atom. The van der Waals surface area contributed by atoms with Crippen LogP contribution in [0.15, 0.2) is 212 Å². The van der Waals surface area contributed by atoms with E-state index in [4.69, 9.17) is 29.9 Å². The van der Waals surface area contributed by atoms with Gasteiger partial charge in [0.15, 0.2) is 34.9 Å². The number of nitriles is 1. The third-order valence-electron chi connectivity index (χ3n) is 10.7. The van der Waals surface area contributed by atoms with Crippen molar-refractivity contribution in [1.29, 1.82) is 5.26 Å². The molecule has 7 nitrogen and oxygen atoms in total. The van der Waals surface area contributed by atoms with E-state index < -0.39 is 0 Å². The second-order valence-corrected chi connectivity index (χ2v) is 14.7. The minimum absolute atomic E-state index is 0.550. The number of hydrogen-bond donors (Lipinski definition) is 0. The summed E-state index contributed by atoms with van der Waals surface area (Å²) >= 11 is 0. The number of rotatable bonds is 9. The van der Waals surface area contributed by atoms with Gasteiger partial charge in [-0.1, -0.05) is 182 Å². The fraction of sp³-hybridized carbons (Fsp3) is 0. The lowest BCUT2D eigenvalue weighted by atomic mass is 9.92. The quantitative estimate of drug-likeness (QED) is 0.143. The minimum Gasteiger partial charge on any atom is -0.208 e. The van der Waals surface area contributed by atoms with E-state index in [9.17, 15) is 5.26 Å². The Bertz CT molecular complexity index is 3160. The van der Waals surface area contributed by atoms with Crippen molar-refractivity contribution >= 4 is 0 Å². The third-order valence-corrected chi connectivity index (χ3v) is 10.7. The summed E-state index contributed by atoms with van der Waals surface area (Å²) in [6.45, 7) is 0. The number of aromatic nitrogens is 6. The number of hydrogen-bond acceptors (Lipinski definition) is 7. The average molecular weight is 794 g/mol. The second kappa shape index (κ2) is 16.9. The summed E-state index contributed by atoms with van der Waals surface area (Å²) in [7, 11) is 0. The number of nitrogens with zero attached hydrogens (tertiary/aromatic N) is 7. The topological polar surface area (TPSA) is 101 Å². The van der Waals surface area contributed by atoms with E-state index in [1.807, 2.05) is 158 Å². The highest BCUT2D eigenvalue weighted by Gasteiger charge is 2.20. The highest BCUT2D eigenvalue weighted by atomic mass is 15.0. The lowest BCUT2D eigenvalue weighted by Crippen LogP contribution is -2.02. The molecular formula is C55H35N7. The zero-order chi connectivity index (χ0) is 41.7. The predicted molar refractivity (Wildman–Crippen MR) is 247 cm³/mol. The highest BCUT2D eigenvalue weighted by molar-refractivity contribution is 5.89. The van der Waals surface area contributed by atoms with Crippen LogP contribution < -0.4 is 0 Å². The minimum atomic E-state index is 0.550. The summed E-state index contributed by atoms with van der Waals surface area (Å²) in [5.74, 6) is 3.46. The summed E-state index contributed by atoms with van der Waals surface area (Å²) < 4.78 is 0. The van der Waals surface area contributed by atoms with Gasteiger partial charge in [-0.2, -0.15) is 5.26 Å². The first-order valence-electron chi connectivity index (χ1n) is 20.3. The second-order valence-electron chi connectivity index (χ2n) is 14.7. The first-order chi connectivity index (χ1) is 30.7. The van der Waals surface area contributed by atoms with Crippen LogP contribution in [-0.2, 0) is 0 Å². The monoisotopic (exact) mass is 793 g/mol. The van der Waals surface area contributed by atoms with Gasteiger partial charge in [0.25, 0.3) is 0 Å². The molecule has 2 aromatic heterocycles. The van der Waals surface area contributed by atoms with Gasteiger partial charge in [-0.3, -0.25) is 0 Å². The van der Waals surface area contributed by atoms with Gasteiger partial charge in [-0.15, -0.1) is 0 Å². The van der Waals surface area contributed by atoms with Crippen molar-refractivity contribution in [2.24, 2.45) is 0 Å². The van der Waals surface area contributed by atoms with Crippen molar-refractivity contribution < 1.29 is 0 Å². The molecule has 0 aliphatic heterocycles. The zero-order valence-corrected chi connectivity index (χ0v) is 33.3. The average Bonchev–Trinajstić information content (AvgIpc) is 3.37. The smallest absolute Gasteiger partial charge is 0.164 e. The standard InChI is InChI=1S/C55H35N7/c56-36-37-28-30-38(31-29-37)43-24-15-25-45(34-43)53-58-52(42-22-11-4-12-23-42)61-55(62-53)48-33-32-44(35-49(48)39-16-5-1-6-17-39)46-26-13-14-27-47(46)54-59-50(40-18-7-2-8-19-40)57-51(60-54)41-20-9-3-10-21-41/h1-35H. The van der Waals surface area contributed by atoms with Crippen LogP contribution >= 0.6 is 0 Å². The SMILES string of the molecule is N#Cc1ccc(-c2cccc(-c3nc(-c4ccccc4)nc(-c4ccc(-c5ccccc5-c5nc(-c6ccccc6)nc(-c6ccccc6)n5)cc4-c4ccccc4)n3)c2)cc1. The summed E-state index contributed by atoms with van der Waals surface area (Å²) in [5.41, 5.74) is 11.8. The molecule has 290 valence electrons. The van der Waals surface area contributed by atoms with E-state index in [0.717, 1.165) is 66.8 Å². The molecule has 2 heterocycles. The molecule has 0 fully saturated rings. The van der Waals surface area contributed by atoms with E-state index in [0.29, 0.717) is 40.5 Å². The van der Waals surface area contributed by atoms with Crippen LogP contribution in [0.3, 0.4) is 0 Å². The van der Waals surface area contributed by atoms with E-state index in [1.54, 1.807) is 0 Å². The van der Waals surface area contributed by atoms with E-state index in [2.05, 4.69) is 60.7 Å². The Morgan fingerprint density at radius 1 is 0.242 bits per heavy atom. The normalized spacial score (nSPS) is 10.9. The Balaban J connectivity index is 1.13. The molecule has 0 radical (unpaired) electrons. The molecule has 0 unspecified atom stereocenters. The van der Waals surface area contributed by atoms with E-state index in [1.165, 1.54) is 0 Å². The fourth-order valence-electron chi connectivity index (χ4n) is 7.54. The zero-order valence-electron chi connectivity index (χ0n) is 33.3. The first-order valence-corrected chi connectivity index (χ1v) is 20.3. The summed E-state index contributed by atoms with van der Waals surface area (Å²) in [6, 6.07) is 73.0. The highest BCUT2D eigenvalue weighted by Crippen LogP contribution is 2.39. The number of benzene rings is 8. The maximum absolute atomic E-state index is 9.37. The summed E-state index contributed by atoms with van der Waals surface area (Å²) in [4.78, 5) is 30.5. The molecule has 0 N–H and O–H groups in total. The molecule has 10 aromatic rings. The largest absolute Gasteiger partial charge is 0.208 e. The lowest BCUT2D eigenvalue weighted by molar-refractivity contribution is 1.07. The molecule has 8 aromatic carbocycles. The first kappa shape index (κ1) is 37.5. The summed E-state index contributed by atoms with van der Waals surface area (Å²) in [5, 5.41) is 9.37. The van der Waals surface area contributed by atoms with E-state index in [-0.39, 0.29) is 0 Å². The van der Waals surface area contributed by atoms with Gasteiger partial charge < -0.3 is 0 Å². The maximum Gasteiger partial charge on any atom is 0.164 e. The molecule has 62 heavy (non-hydrogen) atoms. The van der Waals surface area contributed by atoms with Gasteiger partial charge in [-0.05, 0) is 63.7 Å². The molecule has 7 heteroatoms. The van der Waals surface area contributed by atoms with Crippen LogP contribution in [0.5, 0.6) is 0 Å². The molecule has 0 spiro atoms. The predicted octanol–water partition coefficient (Wildman–Crippen LogP) is 12.9. The molecule has 0 saturated heterocycles. The van der Waals surface area contributed by atoms with Crippen LogP contribution in [0.1, 0.15) is 5.56 Å². The van der Waals surface area contributed by atoms with Crippen molar-refractivity contribution in [3.05, 3.63) is 218 Å². The van der Waals surface area contributed by atoms with Crippen LogP contribution in [0.4, 0.5) is 0 Å². The molecule has 0 aliphatic rings. The molecule has 0 saturated carbocycles. The van der Waals surface area contributed by atoms with E-state index >= 15 is 0 Å². The van der Waals surface area contributed by atoms with Crippen molar-refractivity contribution in [1.82, 2.24) is 29.9 Å². The van der Waals surface area contributed by atoms with Crippen molar-refractivity contribution in [2.75, 3.05) is 0 Å². The van der Waals surface area contributed by atoms with Gasteiger partial charge in [0.1, 0.15) is 0 Å². The summed E-state index contributed by atoms with van der Waals surface area (Å²) in [6.07, 6.45) is 0. The Hall–Kier alpha value is -8.73. The Kier molecular flexibility index (Phi) is 10.2. The van der Waals surface area contributed by atoms with Gasteiger partial charge in [-0.25, -0.2) is 29.9 Å². The van der Waals surface area contributed by atoms with Crippen molar-refractivity contribution in [3.8, 4) is 108 Å². The molecule has 0 aliphatic carbocycles. The Labute approximate surface area is 359 Å². The Morgan fingerprint density at radius 2 is 0.629 bits per heavy atom.